The standard InChI is InChI=1S/C46H29N3OS/c1-2-8-35-28-37-29-40(26-21-36(37)27-34(35)7-1)49(39-24-19-33(20-25-39)46-48-42-10-4-6-12-44(42)51-46)38-22-17-31(18-23-38)30-13-15-32(16-14-30)45-47-41-9-3-5-11-43(41)50-45/h1-29H. The molecule has 0 unspecified atom stereocenters. The Labute approximate surface area is 298 Å². The lowest BCUT2D eigenvalue weighted by Crippen LogP contribution is -2.09. The van der Waals surface area contributed by atoms with Gasteiger partial charge in [0.15, 0.2) is 5.58 Å². The van der Waals surface area contributed by atoms with Crippen molar-refractivity contribution in [2.24, 2.45) is 0 Å². The van der Waals surface area contributed by atoms with Gasteiger partial charge in [-0.05, 0) is 130 Å². The second kappa shape index (κ2) is 12.1. The molecule has 4 nitrogen and oxygen atoms in total. The molecule has 8 aromatic carbocycles. The van der Waals surface area contributed by atoms with Crippen LogP contribution in [0.15, 0.2) is 180 Å². The summed E-state index contributed by atoms with van der Waals surface area (Å²) < 4.78 is 7.20. The predicted octanol–water partition coefficient (Wildman–Crippen LogP) is 13.2. The molecule has 0 spiro atoms. The molecule has 51 heavy (non-hydrogen) atoms. The first-order chi connectivity index (χ1) is 25.2. The van der Waals surface area contributed by atoms with E-state index in [4.69, 9.17) is 9.40 Å². The lowest BCUT2D eigenvalue weighted by atomic mass is 10.0. The van der Waals surface area contributed by atoms with Crippen LogP contribution < -0.4 is 4.90 Å². The lowest BCUT2D eigenvalue weighted by molar-refractivity contribution is 0.620. The zero-order valence-electron chi connectivity index (χ0n) is 27.4. The second-order valence-corrected chi connectivity index (χ2v) is 13.7. The fourth-order valence-electron chi connectivity index (χ4n) is 6.87. The third-order valence-corrected chi connectivity index (χ3v) is 10.6. The van der Waals surface area contributed by atoms with Crippen LogP contribution in [0.3, 0.4) is 0 Å². The quantitative estimate of drug-likeness (QED) is 0.165. The van der Waals surface area contributed by atoms with Gasteiger partial charge in [-0.1, -0.05) is 78.9 Å². The van der Waals surface area contributed by atoms with Crippen molar-refractivity contribution in [1.29, 1.82) is 0 Å². The van der Waals surface area contributed by atoms with E-state index in [2.05, 4.69) is 155 Å². The number of aromatic nitrogens is 2. The van der Waals surface area contributed by atoms with E-state index < -0.39 is 0 Å². The maximum atomic E-state index is 6.00. The highest BCUT2D eigenvalue weighted by atomic mass is 32.1. The van der Waals surface area contributed by atoms with E-state index in [9.17, 15) is 0 Å². The summed E-state index contributed by atoms with van der Waals surface area (Å²) in [6.45, 7) is 0. The second-order valence-electron chi connectivity index (χ2n) is 12.7. The Morgan fingerprint density at radius 1 is 0.412 bits per heavy atom. The molecule has 0 aliphatic rings. The molecule has 0 atom stereocenters. The first kappa shape index (κ1) is 29.4. The van der Waals surface area contributed by atoms with Crippen molar-refractivity contribution in [1.82, 2.24) is 9.97 Å². The number of oxazole rings is 1. The summed E-state index contributed by atoms with van der Waals surface area (Å²) >= 11 is 1.73. The highest BCUT2D eigenvalue weighted by molar-refractivity contribution is 7.21. The van der Waals surface area contributed by atoms with E-state index in [-0.39, 0.29) is 0 Å². The van der Waals surface area contributed by atoms with Gasteiger partial charge >= 0.3 is 0 Å². The number of hydrogen-bond acceptors (Lipinski definition) is 5. The van der Waals surface area contributed by atoms with Crippen LogP contribution in [-0.2, 0) is 0 Å². The van der Waals surface area contributed by atoms with Crippen molar-refractivity contribution in [3.8, 4) is 33.2 Å². The van der Waals surface area contributed by atoms with Crippen LogP contribution in [0.25, 0.3) is 76.0 Å². The van der Waals surface area contributed by atoms with Crippen LogP contribution in [0.5, 0.6) is 0 Å². The molecular weight excluding hydrogens is 643 g/mol. The maximum Gasteiger partial charge on any atom is 0.227 e. The number of anilines is 3. The largest absolute Gasteiger partial charge is 0.436 e. The maximum absolute atomic E-state index is 6.00. The highest BCUT2D eigenvalue weighted by Gasteiger charge is 2.16. The number of fused-ring (bicyclic) bond motifs is 4. The van der Waals surface area contributed by atoms with Gasteiger partial charge in [-0.3, -0.25) is 0 Å². The number of rotatable bonds is 6. The van der Waals surface area contributed by atoms with Gasteiger partial charge in [-0.25, -0.2) is 9.97 Å². The number of thiazole rings is 1. The van der Waals surface area contributed by atoms with Gasteiger partial charge < -0.3 is 9.32 Å². The molecule has 0 N–H and O–H groups in total. The smallest absolute Gasteiger partial charge is 0.227 e. The summed E-state index contributed by atoms with van der Waals surface area (Å²) in [5.74, 6) is 0.631. The molecule has 0 aliphatic heterocycles. The third-order valence-electron chi connectivity index (χ3n) is 9.50. The molecule has 10 rings (SSSR count). The Bertz CT molecular complexity index is 2790. The Kier molecular flexibility index (Phi) is 6.96. The molecule has 0 saturated heterocycles. The van der Waals surface area contributed by atoms with E-state index in [1.807, 2.05) is 30.3 Å². The van der Waals surface area contributed by atoms with Crippen molar-refractivity contribution in [2.45, 2.75) is 0 Å². The zero-order valence-corrected chi connectivity index (χ0v) is 28.2. The molecule has 10 aromatic rings. The molecule has 240 valence electrons. The average Bonchev–Trinajstić information content (AvgIpc) is 3.83. The van der Waals surface area contributed by atoms with E-state index >= 15 is 0 Å². The Morgan fingerprint density at radius 2 is 0.961 bits per heavy atom. The number of hydrogen-bond donors (Lipinski definition) is 0. The van der Waals surface area contributed by atoms with Crippen LogP contribution in [0.1, 0.15) is 0 Å². The monoisotopic (exact) mass is 671 g/mol. The van der Waals surface area contributed by atoms with Crippen molar-refractivity contribution < 1.29 is 4.42 Å². The minimum atomic E-state index is 0.631. The normalized spacial score (nSPS) is 11.5. The fraction of sp³-hybridized carbons (Fsp3) is 0. The zero-order chi connectivity index (χ0) is 33.7. The van der Waals surface area contributed by atoms with E-state index in [0.717, 1.165) is 60.9 Å². The average molecular weight is 672 g/mol. The van der Waals surface area contributed by atoms with Crippen LogP contribution >= 0.6 is 11.3 Å². The summed E-state index contributed by atoms with van der Waals surface area (Å²) in [6, 6.07) is 62.0. The van der Waals surface area contributed by atoms with Gasteiger partial charge in [-0.15, -0.1) is 11.3 Å². The summed E-state index contributed by atoms with van der Waals surface area (Å²) in [5.41, 5.74) is 10.3. The van der Waals surface area contributed by atoms with Crippen LogP contribution in [0, 0.1) is 0 Å². The van der Waals surface area contributed by atoms with Gasteiger partial charge in [0.25, 0.3) is 0 Å². The number of para-hydroxylation sites is 3. The third kappa shape index (κ3) is 5.41. The first-order valence-corrected chi connectivity index (χ1v) is 17.8. The SMILES string of the molecule is c1ccc2cc3cc(N(c4ccc(-c5ccc(-c6nc7ccccc7o6)cc5)cc4)c4ccc(-c5nc6ccccc6s5)cc4)ccc3cc2c1. The highest BCUT2D eigenvalue weighted by Crippen LogP contribution is 2.39. The van der Waals surface area contributed by atoms with Gasteiger partial charge in [0.05, 0.1) is 10.2 Å². The number of benzene rings is 8. The summed E-state index contributed by atoms with van der Waals surface area (Å²) in [6.07, 6.45) is 0. The Hall–Kier alpha value is -6.56. The van der Waals surface area contributed by atoms with Crippen molar-refractivity contribution in [3.63, 3.8) is 0 Å². The van der Waals surface area contributed by atoms with Crippen LogP contribution in [0.4, 0.5) is 17.1 Å². The van der Waals surface area contributed by atoms with E-state index in [1.165, 1.54) is 26.2 Å². The summed E-state index contributed by atoms with van der Waals surface area (Å²) in [4.78, 5) is 11.9. The number of nitrogens with zero attached hydrogens (tertiary/aromatic N) is 3. The molecule has 0 saturated carbocycles. The van der Waals surface area contributed by atoms with Crippen molar-refractivity contribution in [3.05, 3.63) is 176 Å². The lowest BCUT2D eigenvalue weighted by Gasteiger charge is -2.26. The molecule has 0 aliphatic carbocycles. The van der Waals surface area contributed by atoms with Crippen molar-refractivity contribution >= 4 is 71.3 Å². The molecule has 2 aromatic heterocycles. The van der Waals surface area contributed by atoms with Crippen molar-refractivity contribution in [2.75, 3.05) is 4.90 Å². The molecule has 0 amide bonds. The predicted molar refractivity (Wildman–Crippen MR) is 213 cm³/mol. The van der Waals surface area contributed by atoms with E-state index in [1.54, 1.807) is 11.3 Å². The summed E-state index contributed by atoms with van der Waals surface area (Å²) in [7, 11) is 0. The van der Waals surface area contributed by atoms with Gasteiger partial charge in [0.1, 0.15) is 10.5 Å². The molecule has 0 radical (unpaired) electrons. The Morgan fingerprint density at radius 3 is 1.67 bits per heavy atom. The molecule has 2 heterocycles. The van der Waals surface area contributed by atoms with Crippen LogP contribution in [0.2, 0.25) is 0 Å². The minimum absolute atomic E-state index is 0.631. The van der Waals surface area contributed by atoms with E-state index in [0.29, 0.717) is 5.89 Å². The first-order valence-electron chi connectivity index (χ1n) is 17.0. The molecular formula is C46H29N3OS. The van der Waals surface area contributed by atoms with Gasteiger partial charge in [0, 0.05) is 28.2 Å². The van der Waals surface area contributed by atoms with Gasteiger partial charge in [0.2, 0.25) is 5.89 Å². The molecule has 0 bridgehead atoms. The fourth-order valence-corrected chi connectivity index (χ4v) is 7.84. The minimum Gasteiger partial charge on any atom is -0.436 e. The Balaban J connectivity index is 1.01. The van der Waals surface area contributed by atoms with Gasteiger partial charge in [-0.2, -0.15) is 0 Å². The summed E-state index contributed by atoms with van der Waals surface area (Å²) in [5, 5.41) is 5.94. The topological polar surface area (TPSA) is 42.2 Å². The molecule has 0 fully saturated rings. The molecule has 5 heteroatoms. The van der Waals surface area contributed by atoms with Crippen LogP contribution in [-0.4, -0.2) is 9.97 Å².